The summed E-state index contributed by atoms with van der Waals surface area (Å²) in [4.78, 5) is 12.4. The highest BCUT2D eigenvalue weighted by Gasteiger charge is 2.16. The van der Waals surface area contributed by atoms with Gasteiger partial charge in [-0.2, -0.15) is 4.57 Å². The first-order chi connectivity index (χ1) is 11.6. The van der Waals surface area contributed by atoms with Crippen LogP contribution in [0.2, 0.25) is 0 Å². The van der Waals surface area contributed by atoms with Crippen LogP contribution in [0.15, 0.2) is 85.1 Å². The summed E-state index contributed by atoms with van der Waals surface area (Å²) < 4.78 is 1.71. The number of pyridine rings is 1. The molecule has 0 fully saturated rings. The third kappa shape index (κ3) is 3.77. The minimum atomic E-state index is -0.503. The molecular weight excluding hydrogens is 306 g/mol. The van der Waals surface area contributed by atoms with E-state index in [0.717, 1.165) is 0 Å². The molecule has 0 aliphatic heterocycles. The van der Waals surface area contributed by atoms with Crippen molar-refractivity contribution in [2.24, 2.45) is 10.2 Å². The summed E-state index contributed by atoms with van der Waals surface area (Å²) in [6, 6.07) is 8.12. The Morgan fingerprint density at radius 2 is 1.92 bits per heavy atom. The molecule has 1 heterocycles. The van der Waals surface area contributed by atoms with Crippen molar-refractivity contribution in [2.75, 3.05) is 4.90 Å². The van der Waals surface area contributed by atoms with Gasteiger partial charge >= 0.3 is 0 Å². The van der Waals surface area contributed by atoms with Gasteiger partial charge in [-0.25, -0.2) is 0 Å². The number of nitrogens with zero attached hydrogens (tertiary/aromatic N) is 5. The Bertz CT molecular complexity index is 821. The lowest BCUT2D eigenvalue weighted by atomic mass is 10.2. The maximum Gasteiger partial charge on any atom is 0.298 e. The third-order valence-corrected chi connectivity index (χ3v) is 3.14. The van der Waals surface area contributed by atoms with Crippen LogP contribution in [0.5, 0.6) is 0 Å². The van der Waals surface area contributed by atoms with Crippen molar-refractivity contribution in [2.45, 2.75) is 0 Å². The fourth-order valence-electron chi connectivity index (χ4n) is 1.95. The fourth-order valence-corrected chi connectivity index (χ4v) is 1.95. The number of hydrogen-bond acceptors (Lipinski definition) is 5. The first-order valence-corrected chi connectivity index (χ1v) is 6.96. The minimum absolute atomic E-state index is 0.155. The van der Waals surface area contributed by atoms with Crippen molar-refractivity contribution in [1.29, 1.82) is 0 Å². The molecule has 0 aliphatic carbocycles. The van der Waals surface area contributed by atoms with Crippen molar-refractivity contribution >= 4 is 28.9 Å². The molecule has 0 saturated heterocycles. The molecule has 0 bridgehead atoms. The van der Waals surface area contributed by atoms with Crippen LogP contribution in [-0.4, -0.2) is 4.92 Å². The summed E-state index contributed by atoms with van der Waals surface area (Å²) in [6.45, 7) is 10.9. The summed E-state index contributed by atoms with van der Waals surface area (Å²) in [6.07, 6.45) is 8.11. The van der Waals surface area contributed by atoms with Crippen LogP contribution in [0, 0.1) is 10.1 Å². The number of aromatic nitrogens is 1. The zero-order chi connectivity index (χ0) is 17.5. The van der Waals surface area contributed by atoms with Gasteiger partial charge in [0.1, 0.15) is 5.69 Å². The number of benzene rings is 1. The Balaban J connectivity index is 2.40. The molecular formula is C17H16N5O2+. The van der Waals surface area contributed by atoms with Crippen LogP contribution in [-0.2, 0) is 0 Å². The van der Waals surface area contributed by atoms with Gasteiger partial charge in [-0.15, -0.1) is 10.2 Å². The zero-order valence-corrected chi connectivity index (χ0v) is 12.9. The maximum atomic E-state index is 11.3. The second-order valence-corrected chi connectivity index (χ2v) is 4.59. The molecule has 0 amide bonds. The average Bonchev–Trinajstić information content (AvgIpc) is 2.61. The van der Waals surface area contributed by atoms with Gasteiger partial charge < -0.3 is 4.90 Å². The molecule has 0 N–H and O–H groups in total. The van der Waals surface area contributed by atoms with E-state index in [2.05, 4.69) is 30.0 Å². The molecule has 7 heteroatoms. The van der Waals surface area contributed by atoms with E-state index in [-0.39, 0.29) is 11.4 Å². The van der Waals surface area contributed by atoms with Gasteiger partial charge in [-0.3, -0.25) is 10.1 Å². The number of nitro groups is 1. The highest BCUT2D eigenvalue weighted by Crippen LogP contribution is 2.33. The summed E-state index contributed by atoms with van der Waals surface area (Å²) in [5, 5.41) is 19.3. The number of azo groups is 1. The standard InChI is InChI=1S/C17H16N5O2/c1-4-20-11-7-8-14(13-20)18-19-16-10-9-15(21(5-2)6-3)12-17(16)22(23)24/h4-13H,1-3H2/q+1. The predicted octanol–water partition coefficient (Wildman–Crippen LogP) is 4.49. The van der Waals surface area contributed by atoms with E-state index in [0.29, 0.717) is 11.4 Å². The van der Waals surface area contributed by atoms with Gasteiger partial charge in [0.2, 0.25) is 6.20 Å². The maximum absolute atomic E-state index is 11.3. The zero-order valence-electron chi connectivity index (χ0n) is 12.9. The Hall–Kier alpha value is -3.61. The predicted molar refractivity (Wildman–Crippen MR) is 93.2 cm³/mol. The van der Waals surface area contributed by atoms with E-state index in [1.54, 1.807) is 46.3 Å². The smallest absolute Gasteiger partial charge is 0.298 e. The molecule has 0 saturated carbocycles. The average molecular weight is 322 g/mol. The highest BCUT2D eigenvalue weighted by molar-refractivity contribution is 5.67. The van der Waals surface area contributed by atoms with Crippen molar-refractivity contribution in [3.8, 4) is 0 Å². The molecule has 120 valence electrons. The summed E-state index contributed by atoms with van der Waals surface area (Å²) in [5.41, 5.74) is 1.12. The topological polar surface area (TPSA) is 75.0 Å². The number of rotatable bonds is 7. The largest absolute Gasteiger partial charge is 0.325 e. The second kappa shape index (κ2) is 7.59. The molecule has 0 atom stereocenters. The molecule has 0 radical (unpaired) electrons. The summed E-state index contributed by atoms with van der Waals surface area (Å²) in [5.74, 6) is 0. The van der Waals surface area contributed by atoms with Crippen LogP contribution in [0.3, 0.4) is 0 Å². The van der Waals surface area contributed by atoms with E-state index in [1.807, 2.05) is 0 Å². The third-order valence-electron chi connectivity index (χ3n) is 3.14. The molecule has 0 unspecified atom stereocenters. The quantitative estimate of drug-likeness (QED) is 0.326. The van der Waals surface area contributed by atoms with Gasteiger partial charge in [0.15, 0.2) is 18.1 Å². The van der Waals surface area contributed by atoms with Crippen molar-refractivity contribution in [3.05, 3.63) is 85.0 Å². The Kier molecular flexibility index (Phi) is 5.30. The van der Waals surface area contributed by atoms with Gasteiger partial charge in [0.25, 0.3) is 5.69 Å². The monoisotopic (exact) mass is 322 g/mol. The van der Waals surface area contributed by atoms with E-state index in [4.69, 9.17) is 0 Å². The summed E-state index contributed by atoms with van der Waals surface area (Å²) >= 11 is 0. The number of anilines is 1. The van der Waals surface area contributed by atoms with Crippen LogP contribution >= 0.6 is 0 Å². The lowest BCUT2D eigenvalue weighted by Crippen LogP contribution is -2.22. The summed E-state index contributed by atoms with van der Waals surface area (Å²) in [7, 11) is 0. The Morgan fingerprint density at radius 1 is 1.17 bits per heavy atom. The normalized spacial score (nSPS) is 10.3. The van der Waals surface area contributed by atoms with E-state index < -0.39 is 4.92 Å². The highest BCUT2D eigenvalue weighted by atomic mass is 16.6. The molecule has 0 aliphatic rings. The number of hydrogen-bond donors (Lipinski definition) is 0. The Labute approximate surface area is 139 Å². The second-order valence-electron chi connectivity index (χ2n) is 4.59. The molecule has 7 nitrogen and oxygen atoms in total. The van der Waals surface area contributed by atoms with Gasteiger partial charge in [0.05, 0.1) is 10.6 Å². The lowest BCUT2D eigenvalue weighted by molar-refractivity contribution is -0.567. The van der Waals surface area contributed by atoms with E-state index in [9.17, 15) is 10.1 Å². The molecule has 2 aromatic rings. The van der Waals surface area contributed by atoms with Gasteiger partial charge in [-0.05, 0) is 24.8 Å². The van der Waals surface area contributed by atoms with E-state index in [1.165, 1.54) is 24.5 Å². The van der Waals surface area contributed by atoms with Crippen LogP contribution in [0.4, 0.5) is 22.7 Å². The molecule has 1 aromatic carbocycles. The Morgan fingerprint density at radius 3 is 2.54 bits per heavy atom. The first kappa shape index (κ1) is 16.8. The van der Waals surface area contributed by atoms with Crippen molar-refractivity contribution < 1.29 is 9.49 Å². The van der Waals surface area contributed by atoms with Crippen LogP contribution < -0.4 is 9.47 Å². The van der Waals surface area contributed by atoms with Crippen molar-refractivity contribution in [1.82, 2.24) is 0 Å². The van der Waals surface area contributed by atoms with Crippen LogP contribution in [0.1, 0.15) is 0 Å². The molecule has 0 spiro atoms. The van der Waals surface area contributed by atoms with Gasteiger partial charge in [0, 0.05) is 24.5 Å². The van der Waals surface area contributed by atoms with Gasteiger partial charge in [-0.1, -0.05) is 13.2 Å². The molecule has 24 heavy (non-hydrogen) atoms. The molecule has 1 aromatic heterocycles. The molecule has 2 rings (SSSR count). The fraction of sp³-hybridized carbons (Fsp3) is 0. The SMILES string of the molecule is C=CN(C=C)c1ccc(N=Nc2ccc[n+](C=C)c2)c([N+](=O)[O-])c1. The van der Waals surface area contributed by atoms with Crippen molar-refractivity contribution in [3.63, 3.8) is 0 Å². The van der Waals surface area contributed by atoms with Crippen LogP contribution in [0.25, 0.3) is 6.20 Å². The first-order valence-electron chi connectivity index (χ1n) is 6.96. The van der Waals surface area contributed by atoms with E-state index >= 15 is 0 Å². The minimum Gasteiger partial charge on any atom is -0.325 e. The number of nitro benzene ring substituents is 1. The lowest BCUT2D eigenvalue weighted by Gasteiger charge is -2.14.